The number of ether oxygens (including phenoxy) is 1. The number of nitrogens with one attached hydrogen (secondary N) is 1. The minimum Gasteiger partial charge on any atom is -0.380 e. The average molecular weight is 256 g/mol. The smallest absolute Gasteiger partial charge is 0.0591 e. The SMILES string of the molecule is CN(C)CCCNCCOCCc1cccs1. The zero-order valence-corrected chi connectivity index (χ0v) is 11.8. The predicted octanol–water partition coefficient (Wildman–Crippen LogP) is 1.85. The molecule has 0 spiro atoms. The van der Waals surface area contributed by atoms with Gasteiger partial charge in [-0.3, -0.25) is 0 Å². The zero-order chi connectivity index (χ0) is 12.3. The third kappa shape index (κ3) is 8.32. The van der Waals surface area contributed by atoms with Crippen molar-refractivity contribution in [2.24, 2.45) is 0 Å². The first-order valence-electron chi connectivity index (χ1n) is 6.24. The molecule has 3 nitrogen and oxygen atoms in total. The second-order valence-corrected chi connectivity index (χ2v) is 5.38. The molecule has 4 heteroatoms. The van der Waals surface area contributed by atoms with E-state index < -0.39 is 0 Å². The molecule has 0 aliphatic rings. The molecule has 0 unspecified atom stereocenters. The fourth-order valence-electron chi connectivity index (χ4n) is 1.52. The van der Waals surface area contributed by atoms with Gasteiger partial charge in [-0.2, -0.15) is 0 Å². The van der Waals surface area contributed by atoms with Crippen molar-refractivity contribution >= 4 is 11.3 Å². The lowest BCUT2D eigenvalue weighted by atomic mass is 10.4. The van der Waals surface area contributed by atoms with Crippen LogP contribution in [0.25, 0.3) is 0 Å². The first-order valence-corrected chi connectivity index (χ1v) is 7.12. The van der Waals surface area contributed by atoms with Gasteiger partial charge >= 0.3 is 0 Å². The van der Waals surface area contributed by atoms with Gasteiger partial charge in [-0.25, -0.2) is 0 Å². The average Bonchev–Trinajstić information content (AvgIpc) is 2.79. The lowest BCUT2D eigenvalue weighted by Gasteiger charge is -2.09. The molecule has 0 fully saturated rings. The Kier molecular flexibility index (Phi) is 8.26. The Morgan fingerprint density at radius 1 is 1.29 bits per heavy atom. The van der Waals surface area contributed by atoms with Crippen molar-refractivity contribution in [1.82, 2.24) is 10.2 Å². The molecule has 0 radical (unpaired) electrons. The van der Waals surface area contributed by atoms with E-state index in [4.69, 9.17) is 4.74 Å². The molecule has 0 saturated heterocycles. The van der Waals surface area contributed by atoms with Gasteiger partial charge in [-0.15, -0.1) is 11.3 Å². The maximum Gasteiger partial charge on any atom is 0.0591 e. The van der Waals surface area contributed by atoms with Gasteiger partial charge in [0.2, 0.25) is 0 Å². The van der Waals surface area contributed by atoms with E-state index in [0.717, 1.165) is 39.3 Å². The van der Waals surface area contributed by atoms with Crippen LogP contribution in [0, 0.1) is 0 Å². The summed E-state index contributed by atoms with van der Waals surface area (Å²) in [5, 5.41) is 5.50. The van der Waals surface area contributed by atoms with Crippen LogP contribution in [-0.4, -0.2) is 51.8 Å². The second kappa shape index (κ2) is 9.59. The van der Waals surface area contributed by atoms with Crippen LogP contribution in [0.4, 0.5) is 0 Å². The Bertz CT molecular complexity index is 262. The summed E-state index contributed by atoms with van der Waals surface area (Å²) in [7, 11) is 4.21. The topological polar surface area (TPSA) is 24.5 Å². The third-order valence-electron chi connectivity index (χ3n) is 2.45. The molecule has 1 rings (SSSR count). The van der Waals surface area contributed by atoms with Gasteiger partial charge in [-0.1, -0.05) is 6.07 Å². The maximum atomic E-state index is 5.57. The van der Waals surface area contributed by atoms with Gasteiger partial charge in [0, 0.05) is 17.8 Å². The third-order valence-corrected chi connectivity index (χ3v) is 3.39. The van der Waals surface area contributed by atoms with E-state index in [0.29, 0.717) is 0 Å². The standard InChI is InChI=1S/C13H24N2OS/c1-15(2)9-4-7-14-8-11-16-10-6-13-5-3-12-17-13/h3,5,12,14H,4,6-11H2,1-2H3. The Morgan fingerprint density at radius 3 is 2.88 bits per heavy atom. The van der Waals surface area contributed by atoms with Gasteiger partial charge in [-0.05, 0) is 45.1 Å². The highest BCUT2D eigenvalue weighted by molar-refractivity contribution is 7.09. The van der Waals surface area contributed by atoms with E-state index in [1.165, 1.54) is 11.3 Å². The Hall–Kier alpha value is -0.420. The number of nitrogens with zero attached hydrogens (tertiary/aromatic N) is 1. The zero-order valence-electron chi connectivity index (χ0n) is 10.9. The molecule has 0 atom stereocenters. The summed E-state index contributed by atoms with van der Waals surface area (Å²) in [6.07, 6.45) is 2.24. The van der Waals surface area contributed by atoms with E-state index in [1.807, 2.05) is 0 Å². The molecular formula is C13H24N2OS. The quantitative estimate of drug-likeness (QED) is 0.647. The van der Waals surface area contributed by atoms with E-state index in [-0.39, 0.29) is 0 Å². The highest BCUT2D eigenvalue weighted by atomic mass is 32.1. The summed E-state index contributed by atoms with van der Waals surface area (Å²) in [6.45, 7) is 4.82. The molecule has 1 aromatic heterocycles. The van der Waals surface area contributed by atoms with Crippen molar-refractivity contribution in [2.45, 2.75) is 12.8 Å². The van der Waals surface area contributed by atoms with Crippen LogP contribution in [-0.2, 0) is 11.2 Å². The normalized spacial score (nSPS) is 11.2. The Balaban J connectivity index is 1.79. The summed E-state index contributed by atoms with van der Waals surface area (Å²) in [5.41, 5.74) is 0. The van der Waals surface area contributed by atoms with Crippen LogP contribution in [0.1, 0.15) is 11.3 Å². The van der Waals surface area contributed by atoms with Gasteiger partial charge in [0.1, 0.15) is 0 Å². The highest BCUT2D eigenvalue weighted by Crippen LogP contribution is 2.08. The van der Waals surface area contributed by atoms with Crippen molar-refractivity contribution in [3.8, 4) is 0 Å². The van der Waals surface area contributed by atoms with Crippen LogP contribution in [0.2, 0.25) is 0 Å². The molecule has 17 heavy (non-hydrogen) atoms. The first-order chi connectivity index (χ1) is 8.29. The molecule has 0 saturated carbocycles. The summed E-state index contributed by atoms with van der Waals surface area (Å²) in [5.74, 6) is 0. The van der Waals surface area contributed by atoms with Crippen LogP contribution in [0.3, 0.4) is 0 Å². The summed E-state index contributed by atoms with van der Waals surface area (Å²) in [4.78, 5) is 3.61. The maximum absolute atomic E-state index is 5.57. The highest BCUT2D eigenvalue weighted by Gasteiger charge is 1.94. The molecular weight excluding hydrogens is 232 g/mol. The second-order valence-electron chi connectivity index (χ2n) is 4.35. The van der Waals surface area contributed by atoms with Gasteiger partial charge in [0.05, 0.1) is 13.2 Å². The molecule has 0 aliphatic carbocycles. The van der Waals surface area contributed by atoms with Crippen molar-refractivity contribution in [3.63, 3.8) is 0 Å². The van der Waals surface area contributed by atoms with E-state index >= 15 is 0 Å². The minimum atomic E-state index is 0.813. The molecule has 1 aromatic rings. The Morgan fingerprint density at radius 2 is 2.18 bits per heavy atom. The molecule has 0 bridgehead atoms. The molecule has 1 N–H and O–H groups in total. The van der Waals surface area contributed by atoms with Crippen LogP contribution >= 0.6 is 11.3 Å². The summed E-state index contributed by atoms with van der Waals surface area (Å²) < 4.78 is 5.57. The van der Waals surface area contributed by atoms with Crippen LogP contribution < -0.4 is 5.32 Å². The van der Waals surface area contributed by atoms with Crippen molar-refractivity contribution in [2.75, 3.05) is 46.9 Å². The summed E-state index contributed by atoms with van der Waals surface area (Å²) in [6, 6.07) is 4.25. The minimum absolute atomic E-state index is 0.813. The predicted molar refractivity (Wildman–Crippen MR) is 74.9 cm³/mol. The number of hydrogen-bond donors (Lipinski definition) is 1. The van der Waals surface area contributed by atoms with Gasteiger partial charge in [0.25, 0.3) is 0 Å². The van der Waals surface area contributed by atoms with Crippen molar-refractivity contribution < 1.29 is 4.74 Å². The number of hydrogen-bond acceptors (Lipinski definition) is 4. The first kappa shape index (κ1) is 14.6. The van der Waals surface area contributed by atoms with Crippen molar-refractivity contribution in [3.05, 3.63) is 22.4 Å². The van der Waals surface area contributed by atoms with Crippen molar-refractivity contribution in [1.29, 1.82) is 0 Å². The van der Waals surface area contributed by atoms with Crippen LogP contribution in [0.5, 0.6) is 0 Å². The molecule has 1 heterocycles. The van der Waals surface area contributed by atoms with E-state index in [2.05, 4.69) is 41.8 Å². The number of thiophene rings is 1. The van der Waals surface area contributed by atoms with Crippen LogP contribution in [0.15, 0.2) is 17.5 Å². The van der Waals surface area contributed by atoms with E-state index in [1.54, 1.807) is 11.3 Å². The van der Waals surface area contributed by atoms with Gasteiger partial charge < -0.3 is 15.0 Å². The fourth-order valence-corrected chi connectivity index (χ4v) is 2.21. The monoisotopic (exact) mass is 256 g/mol. The molecule has 0 aliphatic heterocycles. The number of rotatable bonds is 10. The van der Waals surface area contributed by atoms with Gasteiger partial charge in [0.15, 0.2) is 0 Å². The molecule has 0 amide bonds. The fraction of sp³-hybridized carbons (Fsp3) is 0.692. The molecule has 98 valence electrons. The lowest BCUT2D eigenvalue weighted by molar-refractivity contribution is 0.139. The lowest BCUT2D eigenvalue weighted by Crippen LogP contribution is -2.24. The molecule has 0 aromatic carbocycles. The largest absolute Gasteiger partial charge is 0.380 e. The Labute approximate surface area is 109 Å². The van der Waals surface area contributed by atoms with E-state index in [9.17, 15) is 0 Å². The summed E-state index contributed by atoms with van der Waals surface area (Å²) >= 11 is 1.80.